The highest BCUT2D eigenvalue weighted by atomic mass is 16.5. The number of hydrogen-bond donors (Lipinski definition) is 0. The maximum atomic E-state index is 12.4. The molecule has 4 nitrogen and oxygen atoms in total. The number of ketones is 1. The van der Waals surface area contributed by atoms with Crippen LogP contribution in [0.1, 0.15) is 45.4 Å². The van der Waals surface area contributed by atoms with Crippen molar-refractivity contribution < 1.29 is 19.1 Å². The van der Waals surface area contributed by atoms with Gasteiger partial charge in [0.05, 0.1) is 25.9 Å². The van der Waals surface area contributed by atoms with E-state index in [0.717, 1.165) is 25.7 Å². The van der Waals surface area contributed by atoms with Crippen molar-refractivity contribution in [1.29, 1.82) is 0 Å². The van der Waals surface area contributed by atoms with Crippen LogP contribution in [0.4, 0.5) is 0 Å². The molecule has 0 heterocycles. The number of carbonyl (C=O) groups excluding carboxylic acids is 2. The van der Waals surface area contributed by atoms with Crippen LogP contribution in [0.5, 0.6) is 0 Å². The molecule has 0 aromatic rings. The highest BCUT2D eigenvalue weighted by molar-refractivity contribution is 5.87. The number of allylic oxidation sites excluding steroid dienone is 1. The Bertz CT molecular complexity index is 481. The topological polar surface area (TPSA) is 52.6 Å². The minimum atomic E-state index is -0.150. The molecule has 21 heavy (non-hydrogen) atoms. The van der Waals surface area contributed by atoms with Crippen molar-refractivity contribution in [1.82, 2.24) is 0 Å². The van der Waals surface area contributed by atoms with Crippen LogP contribution in [0, 0.1) is 23.2 Å². The lowest BCUT2D eigenvalue weighted by Crippen LogP contribution is -2.56. The zero-order chi connectivity index (χ0) is 15.0. The smallest absolute Gasteiger partial charge is 0.309 e. The molecule has 4 unspecified atom stereocenters. The molecule has 0 saturated heterocycles. The van der Waals surface area contributed by atoms with Crippen molar-refractivity contribution in [2.75, 3.05) is 13.7 Å². The minimum Gasteiger partial charge on any atom is -0.504 e. The second-order valence-corrected chi connectivity index (χ2v) is 6.76. The number of methoxy groups -OCH3 is 1. The Balaban J connectivity index is 1.88. The monoisotopic (exact) mass is 292 g/mol. The normalized spacial score (nSPS) is 40.0. The molecule has 1 spiro atoms. The molecule has 4 aliphatic carbocycles. The third kappa shape index (κ3) is 2.29. The number of carbonyl (C=O) groups is 2. The molecule has 0 aromatic heterocycles. The Kier molecular flexibility index (Phi) is 3.80. The summed E-state index contributed by atoms with van der Waals surface area (Å²) < 4.78 is 10.5. The summed E-state index contributed by atoms with van der Waals surface area (Å²) >= 11 is 0. The number of rotatable bonds is 3. The molecule has 0 N–H and O–H groups in total. The fourth-order valence-corrected chi connectivity index (χ4v) is 4.89. The summed E-state index contributed by atoms with van der Waals surface area (Å²) in [4.78, 5) is 24.6. The van der Waals surface area contributed by atoms with Gasteiger partial charge in [0.1, 0.15) is 5.78 Å². The number of esters is 1. The third-order valence-electron chi connectivity index (χ3n) is 5.83. The first kappa shape index (κ1) is 14.6. The lowest BCUT2D eigenvalue weighted by Gasteiger charge is -2.57. The molecular weight excluding hydrogens is 268 g/mol. The van der Waals surface area contributed by atoms with E-state index in [2.05, 4.69) is 0 Å². The first-order chi connectivity index (χ1) is 10.1. The van der Waals surface area contributed by atoms with Crippen LogP contribution < -0.4 is 0 Å². The van der Waals surface area contributed by atoms with Gasteiger partial charge in [0.15, 0.2) is 0 Å². The van der Waals surface area contributed by atoms with Crippen LogP contribution in [0.25, 0.3) is 0 Å². The van der Waals surface area contributed by atoms with Gasteiger partial charge in [-0.25, -0.2) is 0 Å². The van der Waals surface area contributed by atoms with Crippen LogP contribution in [0.3, 0.4) is 0 Å². The van der Waals surface area contributed by atoms with Gasteiger partial charge in [0, 0.05) is 12.3 Å². The van der Waals surface area contributed by atoms with E-state index >= 15 is 0 Å². The van der Waals surface area contributed by atoms with Crippen LogP contribution in [-0.2, 0) is 19.1 Å². The average molecular weight is 292 g/mol. The lowest BCUT2D eigenvalue weighted by atomic mass is 9.45. The van der Waals surface area contributed by atoms with Gasteiger partial charge >= 0.3 is 5.97 Å². The fourth-order valence-electron chi connectivity index (χ4n) is 4.89. The van der Waals surface area contributed by atoms with E-state index in [-0.39, 0.29) is 23.2 Å². The van der Waals surface area contributed by atoms with E-state index in [0.29, 0.717) is 31.1 Å². The summed E-state index contributed by atoms with van der Waals surface area (Å²) in [5.41, 5.74) is 1.17. The maximum absolute atomic E-state index is 12.4. The molecule has 4 heteroatoms. The van der Waals surface area contributed by atoms with E-state index in [1.807, 2.05) is 13.2 Å². The Labute approximate surface area is 125 Å². The zero-order valence-corrected chi connectivity index (χ0v) is 12.9. The van der Waals surface area contributed by atoms with E-state index < -0.39 is 0 Å². The number of Topliss-reactive ketones (excluding diaryl/α,β-unsaturated/α-hetero) is 1. The van der Waals surface area contributed by atoms with E-state index in [1.54, 1.807) is 7.11 Å². The molecule has 0 radical (unpaired) electrons. The van der Waals surface area contributed by atoms with Crippen molar-refractivity contribution in [2.24, 2.45) is 23.2 Å². The van der Waals surface area contributed by atoms with Crippen molar-refractivity contribution >= 4 is 11.8 Å². The lowest BCUT2D eigenvalue weighted by molar-refractivity contribution is -0.172. The van der Waals surface area contributed by atoms with E-state index in [9.17, 15) is 9.59 Å². The summed E-state index contributed by atoms with van der Waals surface area (Å²) in [5.74, 6) is 0.694. The maximum Gasteiger partial charge on any atom is 0.309 e. The third-order valence-corrected chi connectivity index (χ3v) is 5.83. The van der Waals surface area contributed by atoms with Gasteiger partial charge in [-0.05, 0) is 55.9 Å². The van der Waals surface area contributed by atoms with Crippen LogP contribution in [0.2, 0.25) is 0 Å². The fraction of sp³-hybridized carbons (Fsp3) is 0.765. The first-order valence-corrected chi connectivity index (χ1v) is 8.00. The summed E-state index contributed by atoms with van der Waals surface area (Å²) in [6, 6.07) is 0. The Morgan fingerprint density at radius 3 is 2.95 bits per heavy atom. The van der Waals surface area contributed by atoms with Gasteiger partial charge < -0.3 is 9.47 Å². The molecule has 0 aliphatic heterocycles. The molecule has 4 rings (SSSR count). The van der Waals surface area contributed by atoms with Gasteiger partial charge in [0.2, 0.25) is 0 Å². The van der Waals surface area contributed by atoms with Gasteiger partial charge in [-0.3, -0.25) is 9.59 Å². The molecule has 2 bridgehead atoms. The largest absolute Gasteiger partial charge is 0.504 e. The first-order valence-electron chi connectivity index (χ1n) is 8.00. The molecular formula is C17H24O4. The Morgan fingerprint density at radius 2 is 2.24 bits per heavy atom. The Morgan fingerprint density at radius 1 is 1.43 bits per heavy atom. The molecule has 0 aromatic carbocycles. The van der Waals surface area contributed by atoms with E-state index in [4.69, 9.17) is 9.47 Å². The summed E-state index contributed by atoms with van der Waals surface area (Å²) in [6.07, 6.45) is 6.87. The highest BCUT2D eigenvalue weighted by Gasteiger charge is 2.60. The van der Waals surface area contributed by atoms with Gasteiger partial charge in [-0.1, -0.05) is 0 Å². The molecule has 4 aliphatic rings. The SMILES string of the molecule is CCOC(=O)C1CC2CC3CC(=COC)CCC31CC2=O. The van der Waals surface area contributed by atoms with Gasteiger partial charge in [0.25, 0.3) is 0 Å². The van der Waals surface area contributed by atoms with Crippen molar-refractivity contribution in [2.45, 2.75) is 45.4 Å². The van der Waals surface area contributed by atoms with Gasteiger partial charge in [-0.15, -0.1) is 0 Å². The van der Waals surface area contributed by atoms with Crippen LogP contribution >= 0.6 is 0 Å². The molecule has 4 saturated carbocycles. The quantitative estimate of drug-likeness (QED) is 0.593. The number of hydrogen-bond acceptors (Lipinski definition) is 4. The number of fused-ring (bicyclic) bond motifs is 2. The second kappa shape index (κ2) is 5.47. The standard InChI is InChI=1S/C17H24O4/c1-3-21-16(19)14-8-12-7-13-6-11(10-20-2)4-5-17(13,14)9-15(12)18/h10,12-14H,3-9H2,1-2H3. The zero-order valence-electron chi connectivity index (χ0n) is 12.9. The molecule has 116 valence electrons. The van der Waals surface area contributed by atoms with Crippen LogP contribution in [0.15, 0.2) is 11.8 Å². The van der Waals surface area contributed by atoms with Gasteiger partial charge in [-0.2, -0.15) is 0 Å². The van der Waals surface area contributed by atoms with Crippen molar-refractivity contribution in [3.05, 3.63) is 11.8 Å². The predicted octanol–water partition coefficient (Wildman–Crippen LogP) is 2.87. The average Bonchev–Trinajstić information content (AvgIpc) is 2.46. The van der Waals surface area contributed by atoms with Crippen molar-refractivity contribution in [3.63, 3.8) is 0 Å². The predicted molar refractivity (Wildman–Crippen MR) is 77.3 cm³/mol. The molecule has 4 fully saturated rings. The highest BCUT2D eigenvalue weighted by Crippen LogP contribution is 2.62. The molecule has 0 amide bonds. The van der Waals surface area contributed by atoms with E-state index in [1.165, 1.54) is 5.57 Å². The summed E-state index contributed by atoms with van der Waals surface area (Å²) in [6.45, 7) is 2.27. The Hall–Kier alpha value is -1.32. The molecule has 4 atom stereocenters. The summed E-state index contributed by atoms with van der Waals surface area (Å²) in [7, 11) is 1.68. The van der Waals surface area contributed by atoms with Crippen LogP contribution in [-0.4, -0.2) is 25.5 Å². The number of ether oxygens (including phenoxy) is 2. The minimum absolute atomic E-state index is 0.0631. The summed E-state index contributed by atoms with van der Waals surface area (Å²) in [5, 5.41) is 0. The van der Waals surface area contributed by atoms with Crippen molar-refractivity contribution in [3.8, 4) is 0 Å². The second-order valence-electron chi connectivity index (χ2n) is 6.76.